The SMILES string of the molecule is O=C(NC(=S)Nc1cc(-c2nc3ccccc3s2)ccc1Cl)c1cc2ccccc2o1. The highest BCUT2D eigenvalue weighted by atomic mass is 35.5. The second-order valence-corrected chi connectivity index (χ2v) is 8.58. The van der Waals surface area contributed by atoms with Gasteiger partial charge in [-0.3, -0.25) is 10.1 Å². The standard InChI is InChI=1S/C23H14ClN3O2S2/c24-15-10-9-14(22-25-16-6-2-4-8-20(16)31-22)11-17(15)26-23(30)27-21(28)19-12-13-5-1-3-7-18(13)29-19/h1-12H,(H2,26,27,28,30). The molecule has 0 fully saturated rings. The summed E-state index contributed by atoms with van der Waals surface area (Å²) in [5.74, 6) is -0.258. The molecule has 31 heavy (non-hydrogen) atoms. The predicted octanol–water partition coefficient (Wildman–Crippen LogP) is 6.49. The lowest BCUT2D eigenvalue weighted by atomic mass is 10.2. The highest BCUT2D eigenvalue weighted by Crippen LogP contribution is 2.33. The third-order valence-corrected chi connectivity index (χ3v) is 6.25. The van der Waals surface area contributed by atoms with E-state index in [1.54, 1.807) is 29.5 Å². The van der Waals surface area contributed by atoms with Gasteiger partial charge in [-0.05, 0) is 48.6 Å². The van der Waals surface area contributed by atoms with E-state index in [0.29, 0.717) is 16.3 Å². The number of amides is 1. The van der Waals surface area contributed by atoms with Gasteiger partial charge >= 0.3 is 0 Å². The average molecular weight is 464 g/mol. The lowest BCUT2D eigenvalue weighted by Gasteiger charge is -2.11. The smallest absolute Gasteiger partial charge is 0.293 e. The number of thiazole rings is 1. The van der Waals surface area contributed by atoms with Gasteiger partial charge in [-0.25, -0.2) is 4.98 Å². The summed E-state index contributed by atoms with van der Waals surface area (Å²) in [7, 11) is 0. The Morgan fingerprint density at radius 2 is 1.84 bits per heavy atom. The maximum absolute atomic E-state index is 12.5. The maximum atomic E-state index is 12.5. The zero-order chi connectivity index (χ0) is 21.4. The molecular weight excluding hydrogens is 450 g/mol. The monoisotopic (exact) mass is 463 g/mol. The van der Waals surface area contributed by atoms with E-state index in [2.05, 4.69) is 15.6 Å². The number of anilines is 1. The molecule has 5 aromatic rings. The van der Waals surface area contributed by atoms with Gasteiger partial charge in [0.2, 0.25) is 0 Å². The van der Waals surface area contributed by atoms with Crippen molar-refractivity contribution in [1.82, 2.24) is 10.3 Å². The van der Waals surface area contributed by atoms with Crippen molar-refractivity contribution in [3.63, 3.8) is 0 Å². The van der Waals surface area contributed by atoms with Crippen molar-refractivity contribution in [3.05, 3.63) is 83.6 Å². The van der Waals surface area contributed by atoms with E-state index in [9.17, 15) is 4.79 Å². The highest BCUT2D eigenvalue weighted by molar-refractivity contribution is 7.80. The Labute approximate surface area is 191 Å². The molecule has 0 atom stereocenters. The number of hydrogen-bond donors (Lipinski definition) is 2. The molecule has 0 spiro atoms. The van der Waals surface area contributed by atoms with E-state index in [1.807, 2.05) is 54.6 Å². The molecule has 3 aromatic carbocycles. The van der Waals surface area contributed by atoms with Crippen molar-refractivity contribution in [3.8, 4) is 10.6 Å². The van der Waals surface area contributed by atoms with Gasteiger partial charge < -0.3 is 9.73 Å². The number of nitrogens with one attached hydrogen (secondary N) is 2. The van der Waals surface area contributed by atoms with Crippen molar-refractivity contribution < 1.29 is 9.21 Å². The Morgan fingerprint density at radius 1 is 1.03 bits per heavy atom. The third kappa shape index (κ3) is 4.03. The second-order valence-electron chi connectivity index (χ2n) is 6.74. The number of thiocarbonyl (C=S) groups is 1. The maximum Gasteiger partial charge on any atom is 0.293 e. The van der Waals surface area contributed by atoms with Gasteiger partial charge in [0, 0.05) is 10.9 Å². The van der Waals surface area contributed by atoms with Crippen molar-refractivity contribution in [1.29, 1.82) is 0 Å². The summed E-state index contributed by atoms with van der Waals surface area (Å²) in [6, 6.07) is 22.6. The first kappa shape index (κ1) is 19.7. The minimum Gasteiger partial charge on any atom is -0.451 e. The number of fused-ring (bicyclic) bond motifs is 2. The summed E-state index contributed by atoms with van der Waals surface area (Å²) in [6.07, 6.45) is 0. The van der Waals surface area contributed by atoms with Gasteiger partial charge in [0.05, 0.1) is 20.9 Å². The van der Waals surface area contributed by atoms with E-state index < -0.39 is 5.91 Å². The number of furan rings is 1. The zero-order valence-corrected chi connectivity index (χ0v) is 18.3. The van der Waals surface area contributed by atoms with Gasteiger partial charge in [-0.15, -0.1) is 11.3 Å². The number of para-hydroxylation sites is 2. The molecule has 2 aromatic heterocycles. The van der Waals surface area contributed by atoms with Gasteiger partial charge in [-0.1, -0.05) is 48.0 Å². The number of halogens is 1. The molecule has 5 rings (SSSR count). The van der Waals surface area contributed by atoms with Crippen molar-refractivity contribution in [2.75, 3.05) is 5.32 Å². The molecule has 2 N–H and O–H groups in total. The predicted molar refractivity (Wildman–Crippen MR) is 130 cm³/mol. The van der Waals surface area contributed by atoms with E-state index in [4.69, 9.17) is 28.2 Å². The van der Waals surface area contributed by atoms with Crippen LogP contribution in [-0.4, -0.2) is 16.0 Å². The van der Waals surface area contributed by atoms with Crippen LogP contribution in [0.5, 0.6) is 0 Å². The lowest BCUT2D eigenvalue weighted by molar-refractivity contribution is 0.0953. The van der Waals surface area contributed by atoms with Crippen LogP contribution in [0.2, 0.25) is 5.02 Å². The van der Waals surface area contributed by atoms with E-state index in [1.165, 1.54) is 0 Å². The van der Waals surface area contributed by atoms with Crippen LogP contribution in [0.25, 0.3) is 31.8 Å². The number of benzene rings is 3. The molecule has 0 aliphatic carbocycles. The minimum atomic E-state index is -0.438. The molecule has 8 heteroatoms. The van der Waals surface area contributed by atoms with Crippen LogP contribution in [-0.2, 0) is 0 Å². The first-order valence-electron chi connectivity index (χ1n) is 9.33. The fourth-order valence-electron chi connectivity index (χ4n) is 3.16. The largest absolute Gasteiger partial charge is 0.451 e. The number of hydrogen-bond acceptors (Lipinski definition) is 5. The number of carbonyl (C=O) groups is 1. The molecule has 0 aliphatic heterocycles. The molecule has 2 heterocycles. The van der Waals surface area contributed by atoms with Gasteiger partial charge in [-0.2, -0.15) is 0 Å². The normalized spacial score (nSPS) is 11.0. The Morgan fingerprint density at radius 3 is 2.68 bits per heavy atom. The first-order chi connectivity index (χ1) is 15.1. The van der Waals surface area contributed by atoms with Crippen LogP contribution in [0, 0.1) is 0 Å². The Kier molecular flexibility index (Phi) is 5.15. The lowest BCUT2D eigenvalue weighted by Crippen LogP contribution is -2.33. The van der Waals surface area contributed by atoms with Crippen LogP contribution in [0.3, 0.4) is 0 Å². The third-order valence-electron chi connectivity index (χ3n) is 4.63. The van der Waals surface area contributed by atoms with Crippen LogP contribution >= 0.6 is 35.2 Å². The molecule has 0 radical (unpaired) electrons. The molecule has 0 saturated carbocycles. The summed E-state index contributed by atoms with van der Waals surface area (Å²) >= 11 is 13.2. The molecule has 0 aliphatic rings. The van der Waals surface area contributed by atoms with Gasteiger partial charge in [0.25, 0.3) is 5.91 Å². The summed E-state index contributed by atoms with van der Waals surface area (Å²) < 4.78 is 6.69. The summed E-state index contributed by atoms with van der Waals surface area (Å²) in [5, 5.41) is 7.94. The van der Waals surface area contributed by atoms with E-state index in [0.717, 1.165) is 26.2 Å². The van der Waals surface area contributed by atoms with Crippen LogP contribution < -0.4 is 10.6 Å². The van der Waals surface area contributed by atoms with Gasteiger partial charge in [0.1, 0.15) is 10.6 Å². The number of carbonyl (C=O) groups excluding carboxylic acids is 1. The summed E-state index contributed by atoms with van der Waals surface area (Å²) in [4.78, 5) is 17.2. The Bertz CT molecular complexity index is 1390. The summed E-state index contributed by atoms with van der Waals surface area (Å²) in [5.41, 5.74) is 3.06. The van der Waals surface area contributed by atoms with Crippen LogP contribution in [0.1, 0.15) is 10.6 Å². The molecule has 0 saturated heterocycles. The van der Waals surface area contributed by atoms with Crippen molar-refractivity contribution in [2.45, 2.75) is 0 Å². The molecule has 5 nitrogen and oxygen atoms in total. The average Bonchev–Trinajstić information content (AvgIpc) is 3.39. The zero-order valence-electron chi connectivity index (χ0n) is 15.9. The quantitative estimate of drug-likeness (QED) is 0.299. The molecule has 0 unspecified atom stereocenters. The highest BCUT2D eigenvalue weighted by Gasteiger charge is 2.15. The van der Waals surface area contributed by atoms with Crippen molar-refractivity contribution >= 4 is 73.0 Å². The molecule has 1 amide bonds. The summed E-state index contributed by atoms with van der Waals surface area (Å²) in [6.45, 7) is 0. The fourth-order valence-corrected chi connectivity index (χ4v) is 4.49. The van der Waals surface area contributed by atoms with Crippen LogP contribution in [0.4, 0.5) is 5.69 Å². The molecule has 0 bridgehead atoms. The Hall–Kier alpha value is -3.26. The first-order valence-corrected chi connectivity index (χ1v) is 10.9. The number of rotatable bonds is 3. The number of aromatic nitrogens is 1. The van der Waals surface area contributed by atoms with E-state index in [-0.39, 0.29) is 10.9 Å². The molecule has 152 valence electrons. The number of nitrogens with zero attached hydrogens (tertiary/aromatic N) is 1. The fraction of sp³-hybridized carbons (Fsp3) is 0. The van der Waals surface area contributed by atoms with E-state index >= 15 is 0 Å². The van der Waals surface area contributed by atoms with Crippen LogP contribution in [0.15, 0.2) is 77.2 Å². The minimum absolute atomic E-state index is 0.119. The van der Waals surface area contributed by atoms with Crippen molar-refractivity contribution in [2.24, 2.45) is 0 Å². The second kappa shape index (κ2) is 8.11. The Balaban J connectivity index is 1.34. The molecular formula is C23H14ClN3O2S2. The van der Waals surface area contributed by atoms with Gasteiger partial charge in [0.15, 0.2) is 10.9 Å². The topological polar surface area (TPSA) is 67.2 Å².